The summed E-state index contributed by atoms with van der Waals surface area (Å²) in [5, 5.41) is 14.5. The highest BCUT2D eigenvalue weighted by molar-refractivity contribution is 7.89. The summed E-state index contributed by atoms with van der Waals surface area (Å²) in [7, 11) is -0.336. The Balaban J connectivity index is 1.35. The zero-order valence-electron chi connectivity index (χ0n) is 17.1. The molecule has 164 valence electrons. The first-order valence-electron chi connectivity index (χ1n) is 9.65. The number of sulfonamides is 1. The maximum absolute atomic E-state index is 12.8. The molecule has 11 nitrogen and oxygen atoms in total. The molecule has 31 heavy (non-hydrogen) atoms. The van der Waals surface area contributed by atoms with Crippen molar-refractivity contribution < 1.29 is 22.4 Å². The molecule has 0 radical (unpaired) electrons. The van der Waals surface area contributed by atoms with E-state index in [1.54, 1.807) is 36.1 Å². The summed E-state index contributed by atoms with van der Waals surface area (Å²) in [5.74, 6) is 0.156. The zero-order valence-corrected chi connectivity index (χ0v) is 17.9. The molecule has 2 aromatic heterocycles. The molecule has 1 aliphatic rings. The molecule has 1 aliphatic heterocycles. The second kappa shape index (κ2) is 8.47. The van der Waals surface area contributed by atoms with Crippen LogP contribution < -0.4 is 10.1 Å². The summed E-state index contributed by atoms with van der Waals surface area (Å²) < 4.78 is 39.2. The molecule has 1 fully saturated rings. The number of ether oxygens (including phenoxy) is 1. The largest absolute Gasteiger partial charge is 0.497 e. The molecule has 12 heteroatoms. The number of amides is 1. The van der Waals surface area contributed by atoms with Gasteiger partial charge in [-0.05, 0) is 43.2 Å². The summed E-state index contributed by atoms with van der Waals surface area (Å²) in [6, 6.07) is 7.95. The SMILES string of the molecule is COc1ccc(S(=O)(=O)N2CCC(C(=O)Nc3nnc(-c4ccn(C)n4)o3)CC2)cc1. The van der Waals surface area contributed by atoms with Crippen LogP contribution in [-0.4, -0.2) is 58.8 Å². The van der Waals surface area contributed by atoms with Crippen molar-refractivity contribution in [3.8, 4) is 17.3 Å². The summed E-state index contributed by atoms with van der Waals surface area (Å²) in [6.07, 6.45) is 2.52. The van der Waals surface area contributed by atoms with Gasteiger partial charge in [-0.15, -0.1) is 5.10 Å². The highest BCUT2D eigenvalue weighted by atomic mass is 32.2. The van der Waals surface area contributed by atoms with Gasteiger partial charge in [-0.1, -0.05) is 5.10 Å². The maximum Gasteiger partial charge on any atom is 0.322 e. The lowest BCUT2D eigenvalue weighted by Crippen LogP contribution is -2.41. The van der Waals surface area contributed by atoms with Crippen LogP contribution in [0.15, 0.2) is 45.8 Å². The lowest BCUT2D eigenvalue weighted by atomic mass is 9.97. The minimum Gasteiger partial charge on any atom is -0.497 e. The van der Waals surface area contributed by atoms with Crippen molar-refractivity contribution in [2.75, 3.05) is 25.5 Å². The van der Waals surface area contributed by atoms with E-state index in [1.165, 1.54) is 23.5 Å². The van der Waals surface area contributed by atoms with E-state index in [1.807, 2.05) is 0 Å². The minimum atomic E-state index is -3.62. The molecule has 1 saturated heterocycles. The van der Waals surface area contributed by atoms with Gasteiger partial charge in [-0.2, -0.15) is 9.40 Å². The average Bonchev–Trinajstić information content (AvgIpc) is 3.42. The van der Waals surface area contributed by atoms with E-state index in [9.17, 15) is 13.2 Å². The number of carbonyl (C=O) groups excluding carboxylic acids is 1. The molecule has 0 unspecified atom stereocenters. The van der Waals surface area contributed by atoms with E-state index in [2.05, 4.69) is 20.6 Å². The Hall–Kier alpha value is -3.25. The topological polar surface area (TPSA) is 132 Å². The van der Waals surface area contributed by atoms with Gasteiger partial charge in [0.05, 0.1) is 12.0 Å². The first-order chi connectivity index (χ1) is 14.9. The normalized spacial score (nSPS) is 15.7. The van der Waals surface area contributed by atoms with Crippen molar-refractivity contribution in [1.82, 2.24) is 24.3 Å². The van der Waals surface area contributed by atoms with E-state index in [-0.39, 0.29) is 41.7 Å². The Labute approximate surface area is 179 Å². The van der Waals surface area contributed by atoms with Crippen LogP contribution >= 0.6 is 0 Å². The van der Waals surface area contributed by atoms with Crippen molar-refractivity contribution in [3.05, 3.63) is 36.5 Å². The van der Waals surface area contributed by atoms with Gasteiger partial charge in [-0.3, -0.25) is 14.8 Å². The quantitative estimate of drug-likeness (QED) is 0.603. The molecule has 4 rings (SSSR count). The number of hydrogen-bond donors (Lipinski definition) is 1. The zero-order chi connectivity index (χ0) is 22.0. The fourth-order valence-electron chi connectivity index (χ4n) is 3.37. The Bertz CT molecular complexity index is 1160. The number of rotatable bonds is 6. The number of benzene rings is 1. The van der Waals surface area contributed by atoms with Gasteiger partial charge in [0, 0.05) is 32.3 Å². The molecule has 1 amide bonds. The second-order valence-electron chi connectivity index (χ2n) is 7.13. The molecule has 1 N–H and O–H groups in total. The van der Waals surface area contributed by atoms with Gasteiger partial charge < -0.3 is 9.15 Å². The molecule has 3 aromatic rings. The molecule has 3 heterocycles. The van der Waals surface area contributed by atoms with Gasteiger partial charge in [0.1, 0.15) is 11.4 Å². The Morgan fingerprint density at radius 2 is 1.87 bits per heavy atom. The third-order valence-corrected chi connectivity index (χ3v) is 7.02. The first-order valence-corrected chi connectivity index (χ1v) is 11.1. The van der Waals surface area contributed by atoms with E-state index < -0.39 is 10.0 Å². The molecule has 0 bridgehead atoms. The Kier molecular flexibility index (Phi) is 5.74. The maximum atomic E-state index is 12.8. The fourth-order valence-corrected chi connectivity index (χ4v) is 4.84. The number of nitrogens with zero attached hydrogens (tertiary/aromatic N) is 5. The van der Waals surface area contributed by atoms with Crippen LogP contribution in [0.5, 0.6) is 5.75 Å². The fraction of sp³-hybridized carbons (Fsp3) is 0.368. The van der Waals surface area contributed by atoms with Gasteiger partial charge in [-0.25, -0.2) is 8.42 Å². The van der Waals surface area contributed by atoms with E-state index in [0.29, 0.717) is 24.3 Å². The van der Waals surface area contributed by atoms with Crippen LogP contribution in [0.4, 0.5) is 6.01 Å². The third kappa shape index (κ3) is 4.44. The molecule has 1 aromatic carbocycles. The number of methoxy groups -OCH3 is 1. The number of carbonyl (C=O) groups is 1. The van der Waals surface area contributed by atoms with Crippen molar-refractivity contribution in [2.45, 2.75) is 17.7 Å². The molecule has 0 saturated carbocycles. The van der Waals surface area contributed by atoms with Gasteiger partial charge in [0.25, 0.3) is 5.89 Å². The van der Waals surface area contributed by atoms with Crippen molar-refractivity contribution in [2.24, 2.45) is 13.0 Å². The van der Waals surface area contributed by atoms with Crippen molar-refractivity contribution >= 4 is 21.9 Å². The molecular weight excluding hydrogens is 424 g/mol. The van der Waals surface area contributed by atoms with Crippen LogP contribution in [0.2, 0.25) is 0 Å². The van der Waals surface area contributed by atoms with Crippen LogP contribution in [0, 0.1) is 5.92 Å². The summed E-state index contributed by atoms with van der Waals surface area (Å²) in [6.45, 7) is 0.491. The minimum absolute atomic E-state index is 0.0149. The number of aromatic nitrogens is 4. The summed E-state index contributed by atoms with van der Waals surface area (Å²) >= 11 is 0. The molecule has 0 aliphatic carbocycles. The van der Waals surface area contributed by atoms with Gasteiger partial charge in [0.2, 0.25) is 15.9 Å². The summed E-state index contributed by atoms with van der Waals surface area (Å²) in [4.78, 5) is 12.8. The lowest BCUT2D eigenvalue weighted by Gasteiger charge is -2.30. The summed E-state index contributed by atoms with van der Waals surface area (Å²) in [5.41, 5.74) is 0.507. The van der Waals surface area contributed by atoms with Crippen LogP contribution in [-0.2, 0) is 21.9 Å². The number of hydrogen-bond acceptors (Lipinski definition) is 8. The first kappa shape index (κ1) is 21.0. The number of aryl methyl sites for hydroxylation is 1. The number of piperidine rings is 1. The van der Waals surface area contributed by atoms with Crippen LogP contribution in [0.25, 0.3) is 11.6 Å². The average molecular weight is 446 g/mol. The third-order valence-electron chi connectivity index (χ3n) is 5.11. The van der Waals surface area contributed by atoms with E-state index in [4.69, 9.17) is 9.15 Å². The van der Waals surface area contributed by atoms with Gasteiger partial charge >= 0.3 is 6.01 Å². The number of anilines is 1. The monoisotopic (exact) mass is 446 g/mol. The lowest BCUT2D eigenvalue weighted by molar-refractivity contribution is -0.121. The van der Waals surface area contributed by atoms with Crippen molar-refractivity contribution in [3.63, 3.8) is 0 Å². The molecule has 0 spiro atoms. The predicted octanol–water partition coefficient (Wildman–Crippen LogP) is 1.52. The Morgan fingerprint density at radius 3 is 2.48 bits per heavy atom. The standard InChI is InChI=1S/C19H22N6O5S/c1-24-10-9-16(23-24)18-21-22-19(30-18)20-17(26)13-7-11-25(12-8-13)31(27,28)15-5-3-14(29-2)4-6-15/h3-6,9-10,13H,7-8,11-12H2,1-2H3,(H,20,22,26). The smallest absolute Gasteiger partial charge is 0.322 e. The highest BCUT2D eigenvalue weighted by Gasteiger charge is 2.32. The number of nitrogens with one attached hydrogen (secondary N) is 1. The predicted molar refractivity (Wildman–Crippen MR) is 110 cm³/mol. The van der Waals surface area contributed by atoms with Crippen LogP contribution in [0.1, 0.15) is 12.8 Å². The second-order valence-corrected chi connectivity index (χ2v) is 9.07. The Morgan fingerprint density at radius 1 is 1.16 bits per heavy atom. The van der Waals surface area contributed by atoms with E-state index >= 15 is 0 Å². The van der Waals surface area contributed by atoms with Gasteiger partial charge in [0.15, 0.2) is 0 Å². The van der Waals surface area contributed by atoms with Crippen molar-refractivity contribution in [1.29, 1.82) is 0 Å². The molecular formula is C19H22N6O5S. The molecule has 0 atom stereocenters. The van der Waals surface area contributed by atoms with E-state index in [0.717, 1.165) is 0 Å². The highest BCUT2D eigenvalue weighted by Crippen LogP contribution is 2.26. The van der Waals surface area contributed by atoms with Crippen LogP contribution in [0.3, 0.4) is 0 Å².